The maximum Gasteiger partial charge on any atom is 0.343 e. The molecule has 1 heterocycles. The number of nitro benzene ring substituents is 1. The first-order chi connectivity index (χ1) is 12.5. The second-order valence-electron chi connectivity index (χ2n) is 5.44. The summed E-state index contributed by atoms with van der Waals surface area (Å²) in [4.78, 5) is 36.9. The molecule has 0 unspecified atom stereocenters. The molecular weight excluding hydrogens is 340 g/mol. The minimum atomic E-state index is -0.702. The van der Waals surface area contributed by atoms with Gasteiger partial charge in [0.2, 0.25) is 5.43 Å². The fourth-order valence-corrected chi connectivity index (χ4v) is 2.43. The number of ether oxygens (including phenoxy) is 2. The summed E-state index contributed by atoms with van der Waals surface area (Å²) in [5.41, 5.74) is 0.805. The van der Waals surface area contributed by atoms with Gasteiger partial charge in [-0.15, -0.1) is 0 Å². The van der Waals surface area contributed by atoms with Crippen molar-refractivity contribution in [1.29, 1.82) is 0 Å². The van der Waals surface area contributed by atoms with E-state index in [-0.39, 0.29) is 17.9 Å². The molecule has 26 heavy (non-hydrogen) atoms. The zero-order valence-corrected chi connectivity index (χ0v) is 13.7. The molecule has 0 bridgehead atoms. The number of nitrogens with one attached hydrogen (secondary N) is 1. The molecule has 8 heteroatoms. The minimum Gasteiger partial charge on any atom is -0.489 e. The van der Waals surface area contributed by atoms with Crippen LogP contribution in [0.25, 0.3) is 10.9 Å². The zero-order chi connectivity index (χ0) is 18.7. The van der Waals surface area contributed by atoms with E-state index >= 15 is 0 Å². The first-order valence-corrected chi connectivity index (χ1v) is 7.59. The molecule has 0 amide bonds. The van der Waals surface area contributed by atoms with E-state index in [1.165, 1.54) is 25.4 Å². The number of nitrogens with zero attached hydrogens (tertiary/aromatic N) is 1. The summed E-state index contributed by atoms with van der Waals surface area (Å²) >= 11 is 0. The van der Waals surface area contributed by atoms with Crippen molar-refractivity contribution >= 4 is 22.6 Å². The molecule has 0 fully saturated rings. The number of aromatic amines is 1. The van der Waals surface area contributed by atoms with Crippen molar-refractivity contribution in [2.24, 2.45) is 0 Å². The van der Waals surface area contributed by atoms with Crippen molar-refractivity contribution in [3.8, 4) is 5.75 Å². The number of aromatic nitrogens is 1. The van der Waals surface area contributed by atoms with Gasteiger partial charge in [0, 0.05) is 29.8 Å². The predicted molar refractivity (Wildman–Crippen MR) is 93.3 cm³/mol. The van der Waals surface area contributed by atoms with Gasteiger partial charge in [0.25, 0.3) is 5.69 Å². The van der Waals surface area contributed by atoms with Crippen LogP contribution in [-0.4, -0.2) is 23.0 Å². The number of rotatable bonds is 5. The SMILES string of the molecule is COC(=O)c1c[nH]c2cc(OCc3ccc([N+](=O)[O-])cc3)ccc2c1=O. The number of fused-ring (bicyclic) bond motifs is 1. The van der Waals surface area contributed by atoms with E-state index in [1.807, 2.05) is 0 Å². The number of H-pyrrole nitrogens is 1. The Labute approximate surface area is 147 Å². The van der Waals surface area contributed by atoms with Crippen LogP contribution in [0, 0.1) is 10.1 Å². The van der Waals surface area contributed by atoms with Gasteiger partial charge < -0.3 is 14.5 Å². The lowest BCUT2D eigenvalue weighted by atomic mass is 10.1. The van der Waals surface area contributed by atoms with Gasteiger partial charge in [0.1, 0.15) is 17.9 Å². The zero-order valence-electron chi connectivity index (χ0n) is 13.7. The van der Waals surface area contributed by atoms with E-state index in [2.05, 4.69) is 9.72 Å². The minimum absolute atomic E-state index is 0.0124. The van der Waals surface area contributed by atoms with Crippen LogP contribution in [0.3, 0.4) is 0 Å². The van der Waals surface area contributed by atoms with Gasteiger partial charge in [-0.2, -0.15) is 0 Å². The van der Waals surface area contributed by atoms with Crippen molar-refractivity contribution < 1.29 is 19.2 Å². The smallest absolute Gasteiger partial charge is 0.343 e. The second-order valence-corrected chi connectivity index (χ2v) is 5.44. The van der Waals surface area contributed by atoms with Gasteiger partial charge in [-0.1, -0.05) is 0 Å². The number of nitro groups is 1. The van der Waals surface area contributed by atoms with Crippen molar-refractivity contribution in [3.63, 3.8) is 0 Å². The van der Waals surface area contributed by atoms with Gasteiger partial charge in [-0.25, -0.2) is 4.79 Å². The van der Waals surface area contributed by atoms with Crippen molar-refractivity contribution in [2.75, 3.05) is 7.11 Å². The Morgan fingerprint density at radius 2 is 1.92 bits per heavy atom. The Kier molecular flexibility index (Phi) is 4.66. The largest absolute Gasteiger partial charge is 0.489 e. The van der Waals surface area contributed by atoms with Gasteiger partial charge >= 0.3 is 5.97 Å². The van der Waals surface area contributed by atoms with Crippen LogP contribution >= 0.6 is 0 Å². The molecule has 0 atom stereocenters. The summed E-state index contributed by atoms with van der Waals surface area (Å²) in [7, 11) is 1.21. The van der Waals surface area contributed by atoms with E-state index in [0.29, 0.717) is 16.7 Å². The highest BCUT2D eigenvalue weighted by atomic mass is 16.6. The molecular formula is C18H14N2O6. The summed E-state index contributed by atoms with van der Waals surface area (Å²) in [6, 6.07) is 10.9. The normalized spacial score (nSPS) is 10.5. The van der Waals surface area contributed by atoms with Gasteiger partial charge in [0.15, 0.2) is 0 Å². The molecule has 132 valence electrons. The van der Waals surface area contributed by atoms with Crippen LogP contribution in [0.4, 0.5) is 5.69 Å². The van der Waals surface area contributed by atoms with Crippen molar-refractivity contribution in [1.82, 2.24) is 4.98 Å². The molecule has 0 spiro atoms. The average molecular weight is 354 g/mol. The van der Waals surface area contributed by atoms with E-state index in [0.717, 1.165) is 5.56 Å². The molecule has 0 saturated heterocycles. The fraction of sp³-hybridized carbons (Fsp3) is 0.111. The van der Waals surface area contributed by atoms with Crippen molar-refractivity contribution in [2.45, 2.75) is 6.61 Å². The number of non-ortho nitro benzene ring substituents is 1. The lowest BCUT2D eigenvalue weighted by Crippen LogP contribution is -2.16. The van der Waals surface area contributed by atoms with Crippen LogP contribution in [0.5, 0.6) is 5.75 Å². The van der Waals surface area contributed by atoms with E-state index in [4.69, 9.17) is 4.74 Å². The summed E-state index contributed by atoms with van der Waals surface area (Å²) in [6.07, 6.45) is 1.30. The molecule has 0 saturated carbocycles. The standard InChI is InChI=1S/C18H14N2O6/c1-25-18(22)15-9-19-16-8-13(6-7-14(16)17(15)21)26-10-11-2-4-12(5-3-11)20(23)24/h2-9H,10H2,1H3,(H,19,21). The maximum absolute atomic E-state index is 12.3. The average Bonchev–Trinajstić information content (AvgIpc) is 2.66. The monoisotopic (exact) mass is 354 g/mol. The molecule has 0 aliphatic rings. The number of carbonyl (C=O) groups is 1. The van der Waals surface area contributed by atoms with Gasteiger partial charge in [-0.05, 0) is 29.8 Å². The Balaban J connectivity index is 1.80. The molecule has 8 nitrogen and oxygen atoms in total. The number of hydrogen-bond donors (Lipinski definition) is 1. The molecule has 0 aliphatic carbocycles. The van der Waals surface area contributed by atoms with E-state index in [1.54, 1.807) is 30.3 Å². The summed E-state index contributed by atoms with van der Waals surface area (Å²) < 4.78 is 10.2. The molecule has 1 N–H and O–H groups in total. The van der Waals surface area contributed by atoms with Crippen LogP contribution in [0.1, 0.15) is 15.9 Å². The Morgan fingerprint density at radius 1 is 1.19 bits per heavy atom. The Hall–Kier alpha value is -3.68. The third-order valence-electron chi connectivity index (χ3n) is 3.81. The molecule has 1 aromatic heterocycles. The summed E-state index contributed by atoms with van der Waals surface area (Å²) in [6.45, 7) is 0.216. The fourth-order valence-electron chi connectivity index (χ4n) is 2.43. The number of pyridine rings is 1. The van der Waals surface area contributed by atoms with Crippen LogP contribution < -0.4 is 10.2 Å². The molecule has 3 aromatic rings. The number of hydrogen-bond acceptors (Lipinski definition) is 6. The first-order valence-electron chi connectivity index (χ1n) is 7.59. The highest BCUT2D eigenvalue weighted by Gasteiger charge is 2.13. The Bertz CT molecular complexity index is 1040. The lowest BCUT2D eigenvalue weighted by molar-refractivity contribution is -0.384. The highest BCUT2D eigenvalue weighted by Crippen LogP contribution is 2.19. The third-order valence-corrected chi connectivity index (χ3v) is 3.81. The van der Waals surface area contributed by atoms with Crippen molar-refractivity contribution in [3.05, 3.63) is 80.1 Å². The third kappa shape index (κ3) is 3.39. The van der Waals surface area contributed by atoms with Crippen LogP contribution in [-0.2, 0) is 11.3 Å². The molecule has 0 aliphatic heterocycles. The molecule has 2 aromatic carbocycles. The van der Waals surface area contributed by atoms with Crippen LogP contribution in [0.15, 0.2) is 53.5 Å². The topological polar surface area (TPSA) is 112 Å². The number of benzene rings is 2. The second kappa shape index (κ2) is 7.06. The van der Waals surface area contributed by atoms with Gasteiger partial charge in [0.05, 0.1) is 17.5 Å². The number of methoxy groups -OCH3 is 1. The number of esters is 1. The van der Waals surface area contributed by atoms with Crippen LogP contribution in [0.2, 0.25) is 0 Å². The quantitative estimate of drug-likeness (QED) is 0.428. The number of carbonyl (C=O) groups excluding carboxylic acids is 1. The van der Waals surface area contributed by atoms with E-state index in [9.17, 15) is 19.7 Å². The molecule has 0 radical (unpaired) electrons. The lowest BCUT2D eigenvalue weighted by Gasteiger charge is -2.08. The predicted octanol–water partition coefficient (Wildman–Crippen LogP) is 2.80. The summed E-state index contributed by atoms with van der Waals surface area (Å²) in [5.74, 6) is -0.191. The highest BCUT2D eigenvalue weighted by molar-refractivity contribution is 5.93. The Morgan fingerprint density at radius 3 is 2.58 bits per heavy atom. The maximum atomic E-state index is 12.3. The molecule has 3 rings (SSSR count). The van der Waals surface area contributed by atoms with E-state index < -0.39 is 16.3 Å². The van der Waals surface area contributed by atoms with Gasteiger partial charge in [-0.3, -0.25) is 14.9 Å². The first kappa shape index (κ1) is 17.2. The summed E-state index contributed by atoms with van der Waals surface area (Å²) in [5, 5.41) is 11.0.